The molecule has 1 aliphatic rings. The lowest BCUT2D eigenvalue weighted by atomic mass is 9.89. The number of carbonyl (C=O) groups excluding carboxylic acids is 1. The summed E-state index contributed by atoms with van der Waals surface area (Å²) in [7, 11) is 1.72. The molecule has 0 bridgehead atoms. The number of hydrogen-bond donors (Lipinski definition) is 2. The number of aromatic nitrogens is 1. The van der Waals surface area contributed by atoms with Crippen molar-refractivity contribution < 1.29 is 9.53 Å². The van der Waals surface area contributed by atoms with E-state index in [-0.39, 0.29) is 11.8 Å². The summed E-state index contributed by atoms with van der Waals surface area (Å²) in [5.74, 6) is 1.55. The van der Waals surface area contributed by atoms with E-state index in [4.69, 9.17) is 4.74 Å². The van der Waals surface area contributed by atoms with Gasteiger partial charge in [-0.3, -0.25) is 4.79 Å². The maximum Gasteiger partial charge on any atom is 0.226 e. The highest BCUT2D eigenvalue weighted by atomic mass is 16.5. The number of aryl methyl sites for hydroxylation is 1. The number of likely N-dealkylation sites (tertiary alicyclic amines) is 1. The molecule has 0 spiro atoms. The summed E-state index contributed by atoms with van der Waals surface area (Å²) in [6, 6.07) is 14.6. The Hall–Kier alpha value is -2.79. The van der Waals surface area contributed by atoms with E-state index in [1.54, 1.807) is 7.11 Å². The van der Waals surface area contributed by atoms with Gasteiger partial charge in [0.15, 0.2) is 0 Å². The van der Waals surface area contributed by atoms with Crippen LogP contribution in [0, 0.1) is 5.92 Å². The average molecular weight is 434 g/mol. The number of benzene rings is 2. The zero-order valence-corrected chi connectivity index (χ0v) is 19.5. The van der Waals surface area contributed by atoms with Crippen molar-refractivity contribution in [2.24, 2.45) is 5.92 Å². The predicted octanol–water partition coefficient (Wildman–Crippen LogP) is 5.58. The van der Waals surface area contributed by atoms with Crippen LogP contribution in [0.2, 0.25) is 0 Å². The van der Waals surface area contributed by atoms with Gasteiger partial charge in [-0.15, -0.1) is 0 Å². The molecule has 1 saturated heterocycles. The summed E-state index contributed by atoms with van der Waals surface area (Å²) in [5, 5.41) is 4.30. The summed E-state index contributed by atoms with van der Waals surface area (Å²) >= 11 is 0. The lowest BCUT2D eigenvalue weighted by Gasteiger charge is -2.32. The van der Waals surface area contributed by atoms with Crippen LogP contribution in [-0.4, -0.2) is 42.5 Å². The van der Waals surface area contributed by atoms with Gasteiger partial charge in [0.2, 0.25) is 5.91 Å². The van der Waals surface area contributed by atoms with E-state index in [1.165, 1.54) is 29.4 Å². The molecule has 170 valence electrons. The molecule has 0 radical (unpaired) electrons. The number of ether oxygens (including phenoxy) is 1. The maximum absolute atomic E-state index is 12.0. The van der Waals surface area contributed by atoms with Crippen molar-refractivity contribution in [1.82, 2.24) is 9.88 Å². The van der Waals surface area contributed by atoms with Gasteiger partial charge >= 0.3 is 0 Å². The highest BCUT2D eigenvalue weighted by molar-refractivity contribution is 5.92. The SMILES string of the molecule is COc1cccc2c(CCCN3CCC(c4cccc(NC(=O)C(C)C)c4)CC3)c[nH]c12. The Morgan fingerprint density at radius 1 is 1.19 bits per heavy atom. The predicted molar refractivity (Wildman–Crippen MR) is 131 cm³/mol. The van der Waals surface area contributed by atoms with E-state index in [0.717, 1.165) is 49.4 Å². The Kier molecular flexibility index (Phi) is 7.15. The van der Waals surface area contributed by atoms with Crippen LogP contribution in [-0.2, 0) is 11.2 Å². The van der Waals surface area contributed by atoms with Crippen LogP contribution in [0.15, 0.2) is 48.7 Å². The van der Waals surface area contributed by atoms with Crippen LogP contribution >= 0.6 is 0 Å². The van der Waals surface area contributed by atoms with E-state index < -0.39 is 0 Å². The quantitative estimate of drug-likeness (QED) is 0.487. The molecule has 1 aromatic heterocycles. The van der Waals surface area contributed by atoms with Crippen molar-refractivity contribution in [3.05, 3.63) is 59.8 Å². The standard InChI is InChI=1S/C27H35N3O2/c1-19(2)27(31)29-23-9-4-7-21(17-23)20-12-15-30(16-13-20)14-6-8-22-18-28-26-24(22)10-5-11-25(26)32-3/h4-5,7,9-11,17-20,28H,6,8,12-16H2,1-3H3,(H,29,31). The first kappa shape index (κ1) is 22.4. The number of para-hydroxylation sites is 1. The fraction of sp³-hybridized carbons (Fsp3) is 0.444. The number of H-pyrrole nitrogens is 1. The van der Waals surface area contributed by atoms with E-state index >= 15 is 0 Å². The molecule has 2 aromatic carbocycles. The summed E-state index contributed by atoms with van der Waals surface area (Å²) in [5.41, 5.74) is 4.73. The Morgan fingerprint density at radius 3 is 2.72 bits per heavy atom. The first-order valence-corrected chi connectivity index (χ1v) is 11.8. The third-order valence-corrected chi connectivity index (χ3v) is 6.64. The lowest BCUT2D eigenvalue weighted by Crippen LogP contribution is -2.33. The van der Waals surface area contributed by atoms with Crippen molar-refractivity contribution in [3.8, 4) is 5.75 Å². The van der Waals surface area contributed by atoms with Crippen LogP contribution in [0.1, 0.15) is 50.2 Å². The van der Waals surface area contributed by atoms with Gasteiger partial charge in [-0.25, -0.2) is 0 Å². The van der Waals surface area contributed by atoms with Gasteiger partial charge in [0.05, 0.1) is 12.6 Å². The second kappa shape index (κ2) is 10.2. The highest BCUT2D eigenvalue weighted by Crippen LogP contribution is 2.30. The van der Waals surface area contributed by atoms with Gasteiger partial charge in [-0.1, -0.05) is 38.1 Å². The fourth-order valence-corrected chi connectivity index (χ4v) is 4.70. The number of amides is 1. The Balaban J connectivity index is 1.26. The summed E-state index contributed by atoms with van der Waals surface area (Å²) in [6.45, 7) is 7.24. The van der Waals surface area contributed by atoms with Crippen LogP contribution < -0.4 is 10.1 Å². The minimum absolute atomic E-state index is 0.00631. The van der Waals surface area contributed by atoms with Crippen molar-refractivity contribution in [3.63, 3.8) is 0 Å². The van der Waals surface area contributed by atoms with Gasteiger partial charge < -0.3 is 19.9 Å². The van der Waals surface area contributed by atoms with Gasteiger partial charge in [-0.2, -0.15) is 0 Å². The number of nitrogens with zero attached hydrogens (tertiary/aromatic N) is 1. The fourth-order valence-electron chi connectivity index (χ4n) is 4.70. The first-order valence-electron chi connectivity index (χ1n) is 11.8. The minimum Gasteiger partial charge on any atom is -0.495 e. The number of anilines is 1. The van der Waals surface area contributed by atoms with Crippen LogP contribution in [0.4, 0.5) is 5.69 Å². The second-order valence-electron chi connectivity index (χ2n) is 9.19. The number of carbonyl (C=O) groups is 1. The third kappa shape index (κ3) is 5.16. The number of rotatable bonds is 8. The first-order chi connectivity index (χ1) is 15.5. The van der Waals surface area contributed by atoms with E-state index in [9.17, 15) is 4.79 Å². The van der Waals surface area contributed by atoms with Crippen LogP contribution in [0.3, 0.4) is 0 Å². The number of aromatic amines is 1. The van der Waals surface area contributed by atoms with E-state index in [2.05, 4.69) is 51.7 Å². The van der Waals surface area contributed by atoms with Crippen molar-refractivity contribution >= 4 is 22.5 Å². The molecule has 2 N–H and O–H groups in total. The molecule has 0 atom stereocenters. The Labute approximate surface area is 191 Å². The number of fused-ring (bicyclic) bond motifs is 1. The lowest BCUT2D eigenvalue weighted by molar-refractivity contribution is -0.118. The molecule has 5 nitrogen and oxygen atoms in total. The molecule has 0 aliphatic carbocycles. The topological polar surface area (TPSA) is 57.4 Å². The molecular weight excluding hydrogens is 398 g/mol. The van der Waals surface area contributed by atoms with Gasteiger partial charge in [-0.05, 0) is 80.6 Å². The summed E-state index contributed by atoms with van der Waals surface area (Å²) < 4.78 is 5.46. The highest BCUT2D eigenvalue weighted by Gasteiger charge is 2.21. The average Bonchev–Trinajstić information content (AvgIpc) is 3.23. The smallest absolute Gasteiger partial charge is 0.226 e. The summed E-state index contributed by atoms with van der Waals surface area (Å²) in [4.78, 5) is 18.0. The van der Waals surface area contributed by atoms with Gasteiger partial charge in [0.1, 0.15) is 5.75 Å². The van der Waals surface area contributed by atoms with Crippen molar-refractivity contribution in [2.45, 2.75) is 45.4 Å². The van der Waals surface area contributed by atoms with Crippen LogP contribution in [0.25, 0.3) is 10.9 Å². The molecular formula is C27H35N3O2. The third-order valence-electron chi connectivity index (χ3n) is 6.64. The molecule has 2 heterocycles. The molecule has 1 amide bonds. The number of piperidine rings is 1. The number of hydrogen-bond acceptors (Lipinski definition) is 3. The molecule has 0 saturated carbocycles. The van der Waals surface area contributed by atoms with E-state index in [0.29, 0.717) is 5.92 Å². The van der Waals surface area contributed by atoms with Gasteiger partial charge in [0, 0.05) is 23.2 Å². The number of nitrogens with one attached hydrogen (secondary N) is 2. The molecule has 0 unspecified atom stereocenters. The molecule has 5 heteroatoms. The maximum atomic E-state index is 12.0. The Morgan fingerprint density at radius 2 is 1.97 bits per heavy atom. The Bertz CT molecular complexity index is 1050. The number of methoxy groups -OCH3 is 1. The second-order valence-corrected chi connectivity index (χ2v) is 9.19. The molecule has 1 aliphatic heterocycles. The van der Waals surface area contributed by atoms with E-state index in [1.807, 2.05) is 26.0 Å². The largest absolute Gasteiger partial charge is 0.495 e. The zero-order valence-electron chi connectivity index (χ0n) is 19.5. The van der Waals surface area contributed by atoms with Crippen molar-refractivity contribution in [1.29, 1.82) is 0 Å². The van der Waals surface area contributed by atoms with Crippen LogP contribution in [0.5, 0.6) is 5.75 Å². The summed E-state index contributed by atoms with van der Waals surface area (Å²) in [6.07, 6.45) is 6.71. The molecule has 4 rings (SSSR count). The zero-order chi connectivity index (χ0) is 22.5. The minimum atomic E-state index is -0.00631. The normalized spacial score (nSPS) is 15.4. The van der Waals surface area contributed by atoms with Crippen molar-refractivity contribution in [2.75, 3.05) is 32.1 Å². The molecule has 32 heavy (non-hydrogen) atoms. The monoisotopic (exact) mass is 433 g/mol. The van der Waals surface area contributed by atoms with Gasteiger partial charge in [0.25, 0.3) is 0 Å². The molecule has 1 fully saturated rings. The molecule has 3 aromatic rings.